The summed E-state index contributed by atoms with van der Waals surface area (Å²) in [6, 6.07) is 14.9. The molecule has 1 atom stereocenters. The van der Waals surface area contributed by atoms with Crippen molar-refractivity contribution in [1.29, 1.82) is 0 Å². The molecule has 1 unspecified atom stereocenters. The van der Waals surface area contributed by atoms with Gasteiger partial charge in [0.2, 0.25) is 0 Å². The second-order valence-corrected chi connectivity index (χ2v) is 6.70. The molecular formula is C20H16BrFN2O4. The first-order valence-electron chi connectivity index (χ1n) is 8.31. The van der Waals surface area contributed by atoms with Crippen LogP contribution in [0.4, 0.5) is 10.1 Å². The van der Waals surface area contributed by atoms with Crippen LogP contribution in [-0.4, -0.2) is 23.5 Å². The summed E-state index contributed by atoms with van der Waals surface area (Å²) in [6.07, 6.45) is -0.968. The molecule has 28 heavy (non-hydrogen) atoms. The molecule has 2 amide bonds. The van der Waals surface area contributed by atoms with Crippen molar-refractivity contribution >= 4 is 33.4 Å². The molecule has 0 saturated heterocycles. The monoisotopic (exact) mass is 446 g/mol. The van der Waals surface area contributed by atoms with Crippen molar-refractivity contribution in [3.8, 4) is 0 Å². The van der Waals surface area contributed by atoms with Gasteiger partial charge in [0.25, 0.3) is 11.8 Å². The van der Waals surface area contributed by atoms with Gasteiger partial charge < -0.3 is 20.2 Å². The van der Waals surface area contributed by atoms with E-state index in [1.54, 1.807) is 24.3 Å². The molecule has 3 aromatic rings. The quantitative estimate of drug-likeness (QED) is 0.535. The molecule has 2 aromatic carbocycles. The van der Waals surface area contributed by atoms with Gasteiger partial charge in [-0.3, -0.25) is 9.59 Å². The molecular weight excluding hydrogens is 431 g/mol. The second kappa shape index (κ2) is 8.81. The lowest BCUT2D eigenvalue weighted by atomic mass is 10.1. The van der Waals surface area contributed by atoms with E-state index in [0.29, 0.717) is 21.5 Å². The Bertz CT molecular complexity index is 988. The van der Waals surface area contributed by atoms with Gasteiger partial charge in [0.05, 0.1) is 6.10 Å². The van der Waals surface area contributed by atoms with E-state index in [1.807, 2.05) is 0 Å². The van der Waals surface area contributed by atoms with E-state index in [2.05, 4.69) is 26.6 Å². The van der Waals surface area contributed by atoms with Crippen molar-refractivity contribution in [3.63, 3.8) is 0 Å². The van der Waals surface area contributed by atoms with E-state index in [0.717, 1.165) is 0 Å². The Morgan fingerprint density at radius 3 is 2.50 bits per heavy atom. The smallest absolute Gasteiger partial charge is 0.291 e. The number of rotatable bonds is 6. The molecule has 3 rings (SSSR count). The van der Waals surface area contributed by atoms with Crippen LogP contribution in [0.15, 0.2) is 69.8 Å². The predicted molar refractivity (Wildman–Crippen MR) is 104 cm³/mol. The fraction of sp³-hybridized carbons (Fsp3) is 0.100. The van der Waals surface area contributed by atoms with Crippen LogP contribution in [0.25, 0.3) is 0 Å². The molecule has 1 heterocycles. The van der Waals surface area contributed by atoms with Crippen LogP contribution in [0.1, 0.15) is 32.6 Å². The molecule has 0 aliphatic heterocycles. The highest BCUT2D eigenvalue weighted by atomic mass is 79.9. The van der Waals surface area contributed by atoms with E-state index in [4.69, 9.17) is 4.42 Å². The van der Waals surface area contributed by atoms with E-state index >= 15 is 0 Å². The summed E-state index contributed by atoms with van der Waals surface area (Å²) in [4.78, 5) is 24.4. The molecule has 8 heteroatoms. The number of furan rings is 1. The van der Waals surface area contributed by atoms with Crippen molar-refractivity contribution in [3.05, 3.63) is 88.0 Å². The van der Waals surface area contributed by atoms with E-state index in [-0.39, 0.29) is 12.3 Å². The second-order valence-electron chi connectivity index (χ2n) is 5.92. The predicted octanol–water partition coefficient (Wildman–Crippen LogP) is 3.90. The van der Waals surface area contributed by atoms with Gasteiger partial charge in [-0.15, -0.1) is 0 Å². The first-order valence-corrected chi connectivity index (χ1v) is 9.10. The number of carbonyl (C=O) groups excluding carboxylic acids is 2. The number of anilines is 1. The highest BCUT2D eigenvalue weighted by molar-refractivity contribution is 9.10. The van der Waals surface area contributed by atoms with E-state index in [1.165, 1.54) is 36.4 Å². The highest BCUT2D eigenvalue weighted by Crippen LogP contribution is 2.17. The summed E-state index contributed by atoms with van der Waals surface area (Å²) in [6.45, 7) is -0.0402. The summed E-state index contributed by atoms with van der Waals surface area (Å²) in [7, 11) is 0. The first kappa shape index (κ1) is 19.8. The third-order valence-corrected chi connectivity index (χ3v) is 4.32. The topological polar surface area (TPSA) is 91.6 Å². The van der Waals surface area contributed by atoms with Gasteiger partial charge in [0, 0.05) is 17.8 Å². The third-order valence-electron chi connectivity index (χ3n) is 3.89. The fourth-order valence-electron chi connectivity index (χ4n) is 2.46. The molecule has 6 nitrogen and oxygen atoms in total. The van der Waals surface area contributed by atoms with Gasteiger partial charge in [-0.2, -0.15) is 0 Å². The van der Waals surface area contributed by atoms with Crippen molar-refractivity contribution in [2.45, 2.75) is 6.10 Å². The minimum absolute atomic E-state index is 0.0402. The van der Waals surface area contributed by atoms with E-state index in [9.17, 15) is 19.1 Å². The van der Waals surface area contributed by atoms with Gasteiger partial charge in [-0.25, -0.2) is 4.39 Å². The Morgan fingerprint density at radius 1 is 1.07 bits per heavy atom. The first-order chi connectivity index (χ1) is 13.4. The Kier molecular flexibility index (Phi) is 6.23. The molecule has 0 spiro atoms. The molecule has 1 aromatic heterocycles. The van der Waals surface area contributed by atoms with Crippen LogP contribution in [0.2, 0.25) is 0 Å². The molecule has 0 saturated carbocycles. The molecule has 144 valence electrons. The van der Waals surface area contributed by atoms with Gasteiger partial charge in [0.1, 0.15) is 5.82 Å². The minimum atomic E-state index is -0.968. The number of hydrogen-bond acceptors (Lipinski definition) is 4. The summed E-state index contributed by atoms with van der Waals surface area (Å²) < 4.78 is 18.6. The molecule has 0 aliphatic rings. The number of nitrogens with one attached hydrogen (secondary N) is 2. The van der Waals surface area contributed by atoms with Gasteiger partial charge in [-0.1, -0.05) is 18.2 Å². The lowest BCUT2D eigenvalue weighted by Crippen LogP contribution is -2.28. The third kappa shape index (κ3) is 5.05. The van der Waals surface area contributed by atoms with Crippen LogP contribution in [0.3, 0.4) is 0 Å². The normalized spacial score (nSPS) is 11.7. The number of carbonyl (C=O) groups is 2. The molecule has 0 fully saturated rings. The van der Waals surface area contributed by atoms with Crippen LogP contribution in [-0.2, 0) is 0 Å². The summed E-state index contributed by atoms with van der Waals surface area (Å²) in [5.41, 5.74) is 1.22. The van der Waals surface area contributed by atoms with Crippen molar-refractivity contribution in [2.24, 2.45) is 0 Å². The number of hydrogen-bond donors (Lipinski definition) is 3. The zero-order chi connectivity index (χ0) is 20.1. The van der Waals surface area contributed by atoms with Crippen molar-refractivity contribution in [2.75, 3.05) is 11.9 Å². The molecule has 0 radical (unpaired) electrons. The largest absolute Gasteiger partial charge is 0.444 e. The lowest BCUT2D eigenvalue weighted by Gasteiger charge is -2.13. The maximum Gasteiger partial charge on any atom is 0.291 e. The summed E-state index contributed by atoms with van der Waals surface area (Å²) in [5.74, 6) is -1.14. The summed E-state index contributed by atoms with van der Waals surface area (Å²) in [5, 5.41) is 15.4. The highest BCUT2D eigenvalue weighted by Gasteiger charge is 2.14. The zero-order valence-corrected chi connectivity index (χ0v) is 16.1. The van der Waals surface area contributed by atoms with Crippen LogP contribution in [0.5, 0.6) is 0 Å². The Hall–Kier alpha value is -2.97. The zero-order valence-electron chi connectivity index (χ0n) is 14.5. The maximum absolute atomic E-state index is 12.9. The fourth-order valence-corrected chi connectivity index (χ4v) is 2.77. The number of aliphatic hydroxyl groups excluding tert-OH is 1. The standard InChI is InChI=1S/C20H16BrFN2O4/c21-18-9-8-17(28-18)20(27)24-15-3-1-2-13(10-15)19(26)23-11-16(25)12-4-6-14(22)7-5-12/h1-10,16,25H,11H2,(H,23,26)(H,24,27). The summed E-state index contributed by atoms with van der Waals surface area (Å²) >= 11 is 3.13. The van der Waals surface area contributed by atoms with Gasteiger partial charge >= 0.3 is 0 Å². The lowest BCUT2D eigenvalue weighted by molar-refractivity contribution is 0.0915. The van der Waals surface area contributed by atoms with Crippen molar-refractivity contribution < 1.29 is 23.5 Å². The van der Waals surface area contributed by atoms with Gasteiger partial charge in [-0.05, 0) is 64.0 Å². The number of aliphatic hydroxyl groups is 1. The van der Waals surface area contributed by atoms with Gasteiger partial charge in [0.15, 0.2) is 10.4 Å². The Labute approximate surface area is 168 Å². The maximum atomic E-state index is 12.9. The Balaban J connectivity index is 1.60. The van der Waals surface area contributed by atoms with Crippen LogP contribution >= 0.6 is 15.9 Å². The van der Waals surface area contributed by atoms with Crippen LogP contribution < -0.4 is 10.6 Å². The van der Waals surface area contributed by atoms with Crippen molar-refractivity contribution in [1.82, 2.24) is 5.32 Å². The Morgan fingerprint density at radius 2 is 1.82 bits per heavy atom. The number of amides is 2. The average Bonchev–Trinajstić information content (AvgIpc) is 3.13. The van der Waals surface area contributed by atoms with E-state index < -0.39 is 23.7 Å². The minimum Gasteiger partial charge on any atom is -0.444 e. The number of benzene rings is 2. The van der Waals surface area contributed by atoms with Crippen LogP contribution in [0, 0.1) is 5.82 Å². The molecule has 3 N–H and O–H groups in total. The number of halogens is 2. The molecule has 0 aliphatic carbocycles. The average molecular weight is 447 g/mol. The molecule has 0 bridgehead atoms. The SMILES string of the molecule is O=C(NCC(O)c1ccc(F)cc1)c1cccc(NC(=O)c2ccc(Br)o2)c1.